The number of nitrogens with zero attached hydrogens (tertiary/aromatic N) is 3. The Kier molecular flexibility index (Phi) is 5.45. The zero-order chi connectivity index (χ0) is 21.4. The Morgan fingerprint density at radius 1 is 0.806 bits per heavy atom. The molecule has 1 unspecified atom stereocenters. The molecular formula is C26H26ClN3O. The van der Waals surface area contributed by atoms with Crippen molar-refractivity contribution in [3.63, 3.8) is 0 Å². The average molecular weight is 432 g/mol. The van der Waals surface area contributed by atoms with Crippen molar-refractivity contribution in [1.29, 1.82) is 0 Å². The van der Waals surface area contributed by atoms with Crippen LogP contribution in [0.25, 0.3) is 22.2 Å². The van der Waals surface area contributed by atoms with E-state index in [4.69, 9.17) is 11.6 Å². The minimum atomic E-state index is 0.0134. The predicted octanol–water partition coefficient (Wildman–Crippen LogP) is 5.54. The first kappa shape index (κ1) is 20.1. The second-order valence-electron chi connectivity index (χ2n) is 8.25. The van der Waals surface area contributed by atoms with Crippen LogP contribution >= 0.6 is 11.6 Å². The topological polar surface area (TPSA) is 31.6 Å². The summed E-state index contributed by atoms with van der Waals surface area (Å²) in [5, 5.41) is 13.1. The summed E-state index contributed by atoms with van der Waals surface area (Å²) in [6, 6.07) is 26.4. The molecule has 1 aliphatic heterocycles. The Morgan fingerprint density at radius 2 is 1.45 bits per heavy atom. The second-order valence-corrected chi connectivity index (χ2v) is 8.69. The smallest absolute Gasteiger partial charge is 0.0930 e. The van der Waals surface area contributed by atoms with Crippen LogP contribution in [0.15, 0.2) is 78.9 Å². The van der Waals surface area contributed by atoms with Gasteiger partial charge < -0.3 is 10.1 Å². The van der Waals surface area contributed by atoms with Gasteiger partial charge in [0.05, 0.1) is 17.3 Å². The molecule has 1 atom stereocenters. The van der Waals surface area contributed by atoms with E-state index in [1.165, 1.54) is 10.3 Å². The van der Waals surface area contributed by atoms with Gasteiger partial charge in [0.25, 0.3) is 0 Å². The van der Waals surface area contributed by atoms with E-state index >= 15 is 0 Å². The first-order valence-corrected chi connectivity index (χ1v) is 11.1. The Morgan fingerprint density at radius 3 is 2.16 bits per heavy atom. The molecule has 5 rings (SSSR count). The molecule has 31 heavy (non-hydrogen) atoms. The van der Waals surface area contributed by atoms with Gasteiger partial charge in [0.15, 0.2) is 0 Å². The highest BCUT2D eigenvalue weighted by molar-refractivity contribution is 6.30. The fraction of sp³-hybridized carbons (Fsp3) is 0.231. The average Bonchev–Trinajstić information content (AvgIpc) is 3.09. The summed E-state index contributed by atoms with van der Waals surface area (Å²) in [6.45, 7) is 3.96. The molecule has 4 nitrogen and oxygen atoms in total. The van der Waals surface area contributed by atoms with Crippen molar-refractivity contribution in [2.75, 3.05) is 33.2 Å². The van der Waals surface area contributed by atoms with Gasteiger partial charge in [0, 0.05) is 47.7 Å². The number of aromatic nitrogens is 1. The summed E-state index contributed by atoms with van der Waals surface area (Å²) in [4.78, 5) is 4.89. The molecule has 0 bridgehead atoms. The van der Waals surface area contributed by atoms with E-state index in [0.717, 1.165) is 58.9 Å². The Hall–Kier alpha value is -2.79. The first-order valence-electron chi connectivity index (χ1n) is 10.7. The van der Waals surface area contributed by atoms with Crippen LogP contribution in [0.1, 0.15) is 17.2 Å². The van der Waals surface area contributed by atoms with Crippen molar-refractivity contribution in [1.82, 2.24) is 14.5 Å². The van der Waals surface area contributed by atoms with Crippen LogP contribution in [0.3, 0.4) is 0 Å². The van der Waals surface area contributed by atoms with Gasteiger partial charge in [0.1, 0.15) is 0 Å². The number of piperazine rings is 1. The maximum absolute atomic E-state index is 11.3. The lowest BCUT2D eigenvalue weighted by Crippen LogP contribution is -2.46. The van der Waals surface area contributed by atoms with Gasteiger partial charge in [-0.1, -0.05) is 72.3 Å². The zero-order valence-electron chi connectivity index (χ0n) is 17.6. The molecular weight excluding hydrogens is 406 g/mol. The molecule has 0 radical (unpaired) electrons. The molecule has 0 saturated carbocycles. The molecule has 1 aromatic heterocycles. The third-order valence-corrected chi connectivity index (χ3v) is 6.55. The van der Waals surface area contributed by atoms with E-state index in [-0.39, 0.29) is 6.04 Å². The van der Waals surface area contributed by atoms with Crippen molar-refractivity contribution in [2.24, 2.45) is 0 Å². The molecule has 5 heteroatoms. The highest BCUT2D eigenvalue weighted by Gasteiger charge is 2.32. The SMILES string of the molecule is CN1CCN(C(c2ccc(Cl)cc2)c2c(-c3ccccc3)n(O)c3ccccc23)CC1. The molecule has 1 N–H and O–H groups in total. The van der Waals surface area contributed by atoms with E-state index in [1.54, 1.807) is 0 Å². The molecule has 158 valence electrons. The number of hydrogen-bond donors (Lipinski definition) is 1. The Bertz CT molecular complexity index is 1180. The molecule has 4 aromatic rings. The third-order valence-electron chi connectivity index (χ3n) is 6.30. The zero-order valence-corrected chi connectivity index (χ0v) is 18.3. The minimum Gasteiger partial charge on any atom is -0.428 e. The molecule has 1 aliphatic rings. The fourth-order valence-electron chi connectivity index (χ4n) is 4.68. The van der Waals surface area contributed by atoms with Crippen LogP contribution in [-0.2, 0) is 0 Å². The number of fused-ring (bicyclic) bond motifs is 1. The van der Waals surface area contributed by atoms with E-state index in [0.29, 0.717) is 0 Å². The fourth-order valence-corrected chi connectivity index (χ4v) is 4.81. The molecule has 1 fully saturated rings. The molecule has 3 aromatic carbocycles. The van der Waals surface area contributed by atoms with Gasteiger partial charge in [-0.25, -0.2) is 0 Å². The number of hydrogen-bond acceptors (Lipinski definition) is 3. The highest BCUT2D eigenvalue weighted by Crippen LogP contribution is 2.42. The second kappa shape index (κ2) is 8.39. The summed E-state index contributed by atoms with van der Waals surface area (Å²) in [6.07, 6.45) is 0. The predicted molar refractivity (Wildman–Crippen MR) is 127 cm³/mol. The lowest BCUT2D eigenvalue weighted by Gasteiger charge is -2.38. The van der Waals surface area contributed by atoms with Gasteiger partial charge in [-0.15, -0.1) is 0 Å². The Balaban J connectivity index is 1.77. The largest absolute Gasteiger partial charge is 0.428 e. The number of likely N-dealkylation sites (N-methyl/N-ethyl adjacent to an activating group) is 1. The van der Waals surface area contributed by atoms with Crippen molar-refractivity contribution < 1.29 is 5.21 Å². The lowest BCUT2D eigenvalue weighted by atomic mass is 9.91. The van der Waals surface area contributed by atoms with Crippen LogP contribution in [-0.4, -0.2) is 53.0 Å². The van der Waals surface area contributed by atoms with Crippen molar-refractivity contribution in [2.45, 2.75) is 6.04 Å². The van der Waals surface area contributed by atoms with Crippen LogP contribution in [0.5, 0.6) is 0 Å². The van der Waals surface area contributed by atoms with E-state index < -0.39 is 0 Å². The first-order chi connectivity index (χ1) is 15.1. The third kappa shape index (κ3) is 3.72. The van der Waals surface area contributed by atoms with Gasteiger partial charge in [-0.2, -0.15) is 4.73 Å². The normalized spacial score (nSPS) is 16.6. The molecule has 1 saturated heterocycles. The summed E-state index contributed by atoms with van der Waals surface area (Å²) in [5.41, 5.74) is 4.99. The summed E-state index contributed by atoms with van der Waals surface area (Å²) >= 11 is 6.23. The highest BCUT2D eigenvalue weighted by atomic mass is 35.5. The summed E-state index contributed by atoms with van der Waals surface area (Å²) in [5.74, 6) is 0. The number of para-hydroxylation sites is 1. The molecule has 2 heterocycles. The maximum atomic E-state index is 11.3. The van der Waals surface area contributed by atoms with Crippen molar-refractivity contribution >= 4 is 22.5 Å². The van der Waals surface area contributed by atoms with Gasteiger partial charge in [0.2, 0.25) is 0 Å². The van der Waals surface area contributed by atoms with Crippen LogP contribution in [0.2, 0.25) is 5.02 Å². The standard InChI is InChI=1S/C26H26ClN3O/c1-28-15-17-29(18-16-28)25(20-11-13-21(27)14-12-20)24-22-9-5-6-10-23(22)30(31)26(24)19-7-3-2-4-8-19/h2-14,25,31H,15-18H2,1H3. The van der Waals surface area contributed by atoms with Crippen LogP contribution < -0.4 is 0 Å². The van der Waals surface area contributed by atoms with Crippen LogP contribution in [0, 0.1) is 0 Å². The monoisotopic (exact) mass is 431 g/mol. The molecule has 0 spiro atoms. The summed E-state index contributed by atoms with van der Waals surface area (Å²) < 4.78 is 1.36. The van der Waals surface area contributed by atoms with Gasteiger partial charge in [-0.3, -0.25) is 4.90 Å². The number of halogens is 1. The van der Waals surface area contributed by atoms with E-state index in [1.807, 2.05) is 48.5 Å². The number of rotatable bonds is 4. The molecule has 0 amide bonds. The maximum Gasteiger partial charge on any atom is 0.0930 e. The molecule has 0 aliphatic carbocycles. The Labute approximate surface area is 187 Å². The van der Waals surface area contributed by atoms with Crippen LogP contribution in [0.4, 0.5) is 0 Å². The quantitative estimate of drug-likeness (QED) is 0.431. The van der Waals surface area contributed by atoms with Gasteiger partial charge in [-0.05, 0) is 30.8 Å². The lowest BCUT2D eigenvalue weighted by molar-refractivity contribution is 0.127. The van der Waals surface area contributed by atoms with Gasteiger partial charge >= 0.3 is 0 Å². The van der Waals surface area contributed by atoms with E-state index in [9.17, 15) is 5.21 Å². The van der Waals surface area contributed by atoms with E-state index in [2.05, 4.69) is 47.2 Å². The number of benzene rings is 3. The minimum absolute atomic E-state index is 0.0134. The summed E-state index contributed by atoms with van der Waals surface area (Å²) in [7, 11) is 2.17. The van der Waals surface area contributed by atoms with Crippen molar-refractivity contribution in [3.05, 3.63) is 95.0 Å². The van der Waals surface area contributed by atoms with Crippen molar-refractivity contribution in [3.8, 4) is 11.3 Å².